The maximum Gasteiger partial charge on any atom is 0.417 e. The number of pyridine rings is 1. The van der Waals surface area contributed by atoms with Crippen molar-refractivity contribution in [2.75, 3.05) is 0 Å². The van der Waals surface area contributed by atoms with Crippen LogP contribution in [0.3, 0.4) is 0 Å². The number of allylic oxidation sites excluding steroid dienone is 1. The fourth-order valence-electron chi connectivity index (χ4n) is 2.38. The Morgan fingerprint density at radius 2 is 2.00 bits per heavy atom. The number of halogens is 3. The molecule has 0 atom stereocenters. The predicted molar refractivity (Wildman–Crippen MR) is 99.1 cm³/mol. The van der Waals surface area contributed by atoms with Gasteiger partial charge in [0.25, 0.3) is 5.69 Å². The maximum atomic E-state index is 12.6. The molecule has 0 aliphatic rings. The lowest BCUT2D eigenvalue weighted by Crippen LogP contribution is -2.05. The van der Waals surface area contributed by atoms with Gasteiger partial charge in [-0.25, -0.2) is 0 Å². The van der Waals surface area contributed by atoms with Crippen molar-refractivity contribution in [1.82, 2.24) is 4.98 Å². The number of benzene rings is 1. The summed E-state index contributed by atoms with van der Waals surface area (Å²) in [7, 11) is 0. The quantitative estimate of drug-likeness (QED) is 0.314. The molecule has 2 aromatic heterocycles. The molecule has 0 spiro atoms. The molecule has 0 bridgehead atoms. The van der Waals surface area contributed by atoms with Gasteiger partial charge in [0.15, 0.2) is 0 Å². The Morgan fingerprint density at radius 1 is 1.21 bits per heavy atom. The Morgan fingerprint density at radius 3 is 2.61 bits per heavy atom. The number of aromatic nitrogens is 1. The van der Waals surface area contributed by atoms with Gasteiger partial charge in [-0.2, -0.15) is 18.4 Å². The number of alkyl halides is 3. The molecule has 5 nitrogen and oxygen atoms in total. The monoisotopic (exact) mass is 401 g/mol. The van der Waals surface area contributed by atoms with E-state index in [9.17, 15) is 28.5 Å². The smallest absolute Gasteiger partial charge is 0.258 e. The third-order valence-corrected chi connectivity index (χ3v) is 4.82. The standard InChI is InChI=1S/C19H10F3N3O2S/c20-19(21,22)14-4-6-17(24-11-14)13(10-23)9-16-5-7-18(28-16)12-2-1-3-15(8-12)25(26)27/h1-9,11H. The summed E-state index contributed by atoms with van der Waals surface area (Å²) < 4.78 is 37.9. The van der Waals surface area contributed by atoms with Gasteiger partial charge in [-0.1, -0.05) is 12.1 Å². The minimum atomic E-state index is -4.50. The van der Waals surface area contributed by atoms with Crippen LogP contribution in [0.5, 0.6) is 0 Å². The average molecular weight is 401 g/mol. The van der Waals surface area contributed by atoms with Gasteiger partial charge in [-0.15, -0.1) is 11.3 Å². The second-order valence-corrected chi connectivity index (χ2v) is 6.72. The zero-order valence-corrected chi connectivity index (χ0v) is 14.8. The molecule has 140 valence electrons. The molecule has 3 rings (SSSR count). The van der Waals surface area contributed by atoms with Gasteiger partial charge in [0.05, 0.1) is 21.8 Å². The molecule has 0 aliphatic heterocycles. The summed E-state index contributed by atoms with van der Waals surface area (Å²) in [5.41, 5.74) is -0.0285. The maximum absolute atomic E-state index is 12.6. The van der Waals surface area contributed by atoms with E-state index >= 15 is 0 Å². The average Bonchev–Trinajstić information content (AvgIpc) is 3.14. The Balaban J connectivity index is 1.90. The molecule has 0 N–H and O–H groups in total. The van der Waals surface area contributed by atoms with Crippen LogP contribution in [0.25, 0.3) is 22.1 Å². The zero-order chi connectivity index (χ0) is 20.3. The molecule has 9 heteroatoms. The van der Waals surface area contributed by atoms with Crippen molar-refractivity contribution in [2.24, 2.45) is 0 Å². The summed E-state index contributed by atoms with van der Waals surface area (Å²) in [5, 5.41) is 20.2. The zero-order valence-electron chi connectivity index (χ0n) is 14.0. The van der Waals surface area contributed by atoms with Crippen molar-refractivity contribution in [1.29, 1.82) is 5.26 Å². The highest BCUT2D eigenvalue weighted by Crippen LogP contribution is 2.33. The fraction of sp³-hybridized carbons (Fsp3) is 0.0526. The van der Waals surface area contributed by atoms with E-state index in [1.807, 2.05) is 6.07 Å². The molecule has 0 saturated carbocycles. The molecule has 0 fully saturated rings. The van der Waals surface area contributed by atoms with Gasteiger partial charge in [0, 0.05) is 28.1 Å². The molecule has 28 heavy (non-hydrogen) atoms. The van der Waals surface area contributed by atoms with Crippen LogP contribution in [-0.2, 0) is 6.18 Å². The lowest BCUT2D eigenvalue weighted by molar-refractivity contribution is -0.384. The van der Waals surface area contributed by atoms with Crippen molar-refractivity contribution in [2.45, 2.75) is 6.18 Å². The van der Waals surface area contributed by atoms with Gasteiger partial charge < -0.3 is 0 Å². The highest BCUT2D eigenvalue weighted by Gasteiger charge is 2.30. The topological polar surface area (TPSA) is 79.8 Å². The van der Waals surface area contributed by atoms with Gasteiger partial charge in [0.2, 0.25) is 0 Å². The molecule has 3 aromatic rings. The first-order valence-electron chi connectivity index (χ1n) is 7.78. The first kappa shape index (κ1) is 19.3. The lowest BCUT2D eigenvalue weighted by Gasteiger charge is -2.06. The van der Waals surface area contributed by atoms with E-state index < -0.39 is 16.7 Å². The highest BCUT2D eigenvalue weighted by molar-refractivity contribution is 7.16. The molecule has 2 heterocycles. The second-order valence-electron chi connectivity index (χ2n) is 5.61. The largest absolute Gasteiger partial charge is 0.417 e. The SMILES string of the molecule is N#CC(=Cc1ccc(-c2cccc([N+](=O)[O-])c2)s1)c1ccc(C(F)(F)F)cn1. The van der Waals surface area contributed by atoms with Gasteiger partial charge in [-0.3, -0.25) is 15.1 Å². The van der Waals surface area contributed by atoms with Crippen LogP contribution in [0.4, 0.5) is 18.9 Å². The van der Waals surface area contributed by atoms with E-state index in [4.69, 9.17) is 0 Å². The van der Waals surface area contributed by atoms with Crippen molar-refractivity contribution in [3.8, 4) is 16.5 Å². The number of hydrogen-bond donors (Lipinski definition) is 0. The van der Waals surface area contributed by atoms with Crippen molar-refractivity contribution < 1.29 is 18.1 Å². The van der Waals surface area contributed by atoms with Gasteiger partial charge >= 0.3 is 6.18 Å². The molecular weight excluding hydrogens is 391 g/mol. The van der Waals surface area contributed by atoms with Crippen LogP contribution in [0.1, 0.15) is 16.1 Å². The number of non-ortho nitro benzene ring substituents is 1. The van der Waals surface area contributed by atoms with Crippen molar-refractivity contribution >= 4 is 28.7 Å². The van der Waals surface area contributed by atoms with Gasteiger partial charge in [0.1, 0.15) is 6.07 Å². The van der Waals surface area contributed by atoms with Crippen molar-refractivity contribution in [3.63, 3.8) is 0 Å². The number of rotatable bonds is 4. The van der Waals surface area contributed by atoms with E-state index in [1.165, 1.54) is 29.5 Å². The van der Waals surface area contributed by atoms with Crippen LogP contribution >= 0.6 is 11.3 Å². The predicted octanol–water partition coefficient (Wildman–Crippen LogP) is 5.80. The summed E-state index contributed by atoms with van der Waals surface area (Å²) >= 11 is 1.29. The molecular formula is C19H10F3N3O2S. The Bertz CT molecular complexity index is 1100. The lowest BCUT2D eigenvalue weighted by atomic mass is 10.1. The number of nitro groups is 1. The summed E-state index contributed by atoms with van der Waals surface area (Å²) in [6, 6.07) is 13.6. The Hall–Kier alpha value is -3.51. The van der Waals surface area contributed by atoms with E-state index in [2.05, 4.69) is 4.98 Å². The number of nitriles is 1. The molecule has 0 saturated heterocycles. The molecule has 1 aromatic carbocycles. The Kier molecular flexibility index (Phi) is 5.24. The third kappa shape index (κ3) is 4.24. The fourth-order valence-corrected chi connectivity index (χ4v) is 3.33. The first-order chi connectivity index (χ1) is 13.3. The van der Waals surface area contributed by atoms with E-state index in [0.717, 1.165) is 17.0 Å². The van der Waals surface area contributed by atoms with Gasteiger partial charge in [-0.05, 0) is 35.9 Å². The van der Waals surface area contributed by atoms with Crippen LogP contribution in [-0.4, -0.2) is 9.91 Å². The van der Waals surface area contributed by atoms with Crippen LogP contribution in [0.2, 0.25) is 0 Å². The number of hydrogen-bond acceptors (Lipinski definition) is 5. The molecule has 0 unspecified atom stereocenters. The minimum Gasteiger partial charge on any atom is -0.258 e. The minimum absolute atomic E-state index is 0.0327. The molecule has 0 aliphatic carbocycles. The van der Waals surface area contributed by atoms with Crippen LogP contribution in [0, 0.1) is 21.4 Å². The first-order valence-corrected chi connectivity index (χ1v) is 8.59. The van der Waals surface area contributed by atoms with E-state index in [-0.39, 0.29) is 17.0 Å². The normalized spacial score (nSPS) is 11.9. The van der Waals surface area contributed by atoms with Crippen LogP contribution in [0.15, 0.2) is 54.7 Å². The second kappa shape index (κ2) is 7.62. The number of thiophene rings is 1. The van der Waals surface area contributed by atoms with E-state index in [0.29, 0.717) is 16.6 Å². The highest BCUT2D eigenvalue weighted by atomic mass is 32.1. The summed E-state index contributed by atoms with van der Waals surface area (Å²) in [6.45, 7) is 0. The van der Waals surface area contributed by atoms with Crippen LogP contribution < -0.4 is 0 Å². The number of nitro benzene ring substituents is 1. The van der Waals surface area contributed by atoms with Crippen molar-refractivity contribution in [3.05, 3.63) is 81.0 Å². The van der Waals surface area contributed by atoms with E-state index in [1.54, 1.807) is 24.3 Å². The Labute approximate surface area is 161 Å². The third-order valence-electron chi connectivity index (χ3n) is 3.74. The number of nitrogens with zero attached hydrogens (tertiary/aromatic N) is 3. The molecule has 0 radical (unpaired) electrons. The summed E-state index contributed by atoms with van der Waals surface area (Å²) in [6.07, 6.45) is -2.30. The summed E-state index contributed by atoms with van der Waals surface area (Å²) in [5.74, 6) is 0. The summed E-state index contributed by atoms with van der Waals surface area (Å²) in [4.78, 5) is 15.6. The molecule has 0 amide bonds.